The molecular weight excluding hydrogens is 418 g/mol. The van der Waals surface area contributed by atoms with Crippen molar-refractivity contribution in [2.45, 2.75) is 39.4 Å². The van der Waals surface area contributed by atoms with E-state index in [0.29, 0.717) is 24.7 Å². The summed E-state index contributed by atoms with van der Waals surface area (Å²) >= 11 is 0. The zero-order valence-corrected chi connectivity index (χ0v) is 18.5. The zero-order chi connectivity index (χ0) is 23.2. The number of aromatic amines is 1. The zero-order valence-electron chi connectivity index (χ0n) is 18.5. The molecule has 2 heterocycles. The Kier molecular flexibility index (Phi) is 6.73. The van der Waals surface area contributed by atoms with E-state index in [9.17, 15) is 9.59 Å². The van der Waals surface area contributed by atoms with E-state index in [1.54, 1.807) is 11.1 Å². The lowest BCUT2D eigenvalue weighted by atomic mass is 10.2. The molecule has 0 aliphatic heterocycles. The first-order valence-electron chi connectivity index (χ1n) is 11.0. The second-order valence-electron chi connectivity index (χ2n) is 7.82. The molecule has 0 aliphatic rings. The fourth-order valence-electron chi connectivity index (χ4n) is 3.72. The summed E-state index contributed by atoms with van der Waals surface area (Å²) in [5.74, 6) is 1.22. The predicted octanol–water partition coefficient (Wildman–Crippen LogP) is 3.78. The topological polar surface area (TPSA) is 110 Å². The highest BCUT2D eigenvalue weighted by molar-refractivity contribution is 5.63. The SMILES string of the molecule is CCCCn1c(N)c(N(Cc2ccccc2)Cc2ncc(-c3ccccc3)o2)c(=O)[nH]c1=O. The first-order valence-corrected chi connectivity index (χ1v) is 11.0. The fraction of sp³-hybridized carbons (Fsp3) is 0.240. The van der Waals surface area contributed by atoms with Crippen molar-refractivity contribution in [3.8, 4) is 11.3 Å². The van der Waals surface area contributed by atoms with Crippen LogP contribution in [0.3, 0.4) is 0 Å². The van der Waals surface area contributed by atoms with Crippen LogP contribution in [-0.4, -0.2) is 14.5 Å². The van der Waals surface area contributed by atoms with E-state index < -0.39 is 11.2 Å². The van der Waals surface area contributed by atoms with Crippen molar-refractivity contribution in [2.24, 2.45) is 0 Å². The Labute approximate surface area is 191 Å². The molecule has 0 amide bonds. The third-order valence-electron chi connectivity index (χ3n) is 5.42. The summed E-state index contributed by atoms with van der Waals surface area (Å²) in [6, 6.07) is 19.4. The average molecular weight is 446 g/mol. The van der Waals surface area contributed by atoms with Gasteiger partial charge in [-0.25, -0.2) is 9.78 Å². The first kappa shape index (κ1) is 22.1. The van der Waals surface area contributed by atoms with Crippen LogP contribution in [0.25, 0.3) is 11.3 Å². The number of H-pyrrole nitrogens is 1. The van der Waals surface area contributed by atoms with Gasteiger partial charge in [0.05, 0.1) is 12.7 Å². The molecular formula is C25H27N5O3. The molecule has 0 spiro atoms. The van der Waals surface area contributed by atoms with E-state index >= 15 is 0 Å². The van der Waals surface area contributed by atoms with Gasteiger partial charge in [0.1, 0.15) is 11.5 Å². The second-order valence-corrected chi connectivity index (χ2v) is 7.82. The monoisotopic (exact) mass is 445 g/mol. The highest BCUT2D eigenvalue weighted by atomic mass is 16.4. The summed E-state index contributed by atoms with van der Waals surface area (Å²) in [4.78, 5) is 33.9. The van der Waals surface area contributed by atoms with Gasteiger partial charge in [-0.2, -0.15) is 0 Å². The molecule has 170 valence electrons. The maximum atomic E-state index is 12.9. The molecule has 0 saturated heterocycles. The van der Waals surface area contributed by atoms with E-state index in [0.717, 1.165) is 24.0 Å². The average Bonchev–Trinajstić information content (AvgIpc) is 3.28. The lowest BCUT2D eigenvalue weighted by Crippen LogP contribution is -2.38. The third kappa shape index (κ3) is 5.06. The summed E-state index contributed by atoms with van der Waals surface area (Å²) < 4.78 is 7.40. The Morgan fingerprint density at radius 2 is 1.73 bits per heavy atom. The largest absolute Gasteiger partial charge is 0.439 e. The van der Waals surface area contributed by atoms with Crippen molar-refractivity contribution < 1.29 is 4.42 Å². The molecule has 33 heavy (non-hydrogen) atoms. The standard InChI is InChI=1S/C25H27N5O3/c1-2-3-14-30-23(26)22(24(31)28-25(30)32)29(16-18-10-6-4-7-11-18)17-21-27-15-20(33-21)19-12-8-5-9-13-19/h4-13,15H,2-3,14,16-17,26H2,1H3,(H,28,31,32). The van der Waals surface area contributed by atoms with E-state index in [1.165, 1.54) is 4.57 Å². The van der Waals surface area contributed by atoms with Gasteiger partial charge < -0.3 is 15.1 Å². The van der Waals surface area contributed by atoms with E-state index in [-0.39, 0.29) is 18.1 Å². The van der Waals surface area contributed by atoms with Crippen molar-refractivity contribution in [1.29, 1.82) is 0 Å². The highest BCUT2D eigenvalue weighted by Gasteiger charge is 2.21. The third-order valence-corrected chi connectivity index (χ3v) is 5.42. The fourth-order valence-corrected chi connectivity index (χ4v) is 3.72. The van der Waals surface area contributed by atoms with Gasteiger partial charge in [0, 0.05) is 18.7 Å². The van der Waals surface area contributed by atoms with E-state index in [1.807, 2.05) is 67.6 Å². The Morgan fingerprint density at radius 3 is 2.42 bits per heavy atom. The summed E-state index contributed by atoms with van der Waals surface area (Å²) in [5, 5.41) is 0. The van der Waals surface area contributed by atoms with Gasteiger partial charge in [-0.05, 0) is 12.0 Å². The summed E-state index contributed by atoms with van der Waals surface area (Å²) in [7, 11) is 0. The van der Waals surface area contributed by atoms with Crippen molar-refractivity contribution in [3.05, 3.63) is 99.2 Å². The summed E-state index contributed by atoms with van der Waals surface area (Å²) in [6.07, 6.45) is 3.34. The molecule has 0 aliphatic carbocycles. The van der Waals surface area contributed by atoms with Gasteiger partial charge in [-0.1, -0.05) is 74.0 Å². The van der Waals surface area contributed by atoms with Gasteiger partial charge >= 0.3 is 5.69 Å². The lowest BCUT2D eigenvalue weighted by Gasteiger charge is -2.25. The van der Waals surface area contributed by atoms with Crippen LogP contribution in [0.2, 0.25) is 0 Å². The molecule has 4 rings (SSSR count). The second kappa shape index (κ2) is 10.0. The van der Waals surface area contributed by atoms with Crippen LogP contribution in [0.4, 0.5) is 11.5 Å². The number of nitrogens with zero attached hydrogens (tertiary/aromatic N) is 3. The van der Waals surface area contributed by atoms with Crippen LogP contribution in [0.15, 0.2) is 80.9 Å². The number of oxazole rings is 1. The van der Waals surface area contributed by atoms with Crippen LogP contribution >= 0.6 is 0 Å². The number of benzene rings is 2. The molecule has 0 fully saturated rings. The van der Waals surface area contributed by atoms with E-state index in [4.69, 9.17) is 10.2 Å². The van der Waals surface area contributed by atoms with Crippen LogP contribution in [0.1, 0.15) is 31.2 Å². The minimum Gasteiger partial charge on any atom is -0.439 e. The van der Waals surface area contributed by atoms with Crippen LogP contribution in [-0.2, 0) is 19.6 Å². The Bertz CT molecular complexity index is 1310. The molecule has 4 aromatic rings. The predicted molar refractivity (Wildman–Crippen MR) is 129 cm³/mol. The lowest BCUT2D eigenvalue weighted by molar-refractivity contribution is 0.496. The summed E-state index contributed by atoms with van der Waals surface area (Å²) in [6.45, 7) is 3.06. The van der Waals surface area contributed by atoms with Gasteiger partial charge in [-0.3, -0.25) is 14.3 Å². The molecule has 8 heteroatoms. The number of hydrogen-bond acceptors (Lipinski definition) is 6. The molecule has 3 N–H and O–H groups in total. The molecule has 0 unspecified atom stereocenters. The number of unbranched alkanes of at least 4 members (excludes halogenated alkanes) is 1. The molecule has 2 aromatic heterocycles. The van der Waals surface area contributed by atoms with Crippen LogP contribution in [0, 0.1) is 0 Å². The number of hydrogen-bond donors (Lipinski definition) is 2. The van der Waals surface area contributed by atoms with Gasteiger partial charge in [0.25, 0.3) is 5.56 Å². The molecule has 2 aromatic carbocycles. The normalized spacial score (nSPS) is 10.9. The molecule has 0 atom stereocenters. The number of aromatic nitrogens is 3. The smallest absolute Gasteiger partial charge is 0.330 e. The van der Waals surface area contributed by atoms with Crippen molar-refractivity contribution in [1.82, 2.24) is 14.5 Å². The van der Waals surface area contributed by atoms with Gasteiger partial charge in [-0.15, -0.1) is 0 Å². The minimum atomic E-state index is -0.531. The van der Waals surface area contributed by atoms with Gasteiger partial charge in [0.15, 0.2) is 5.76 Å². The number of anilines is 2. The molecule has 8 nitrogen and oxygen atoms in total. The molecule has 0 saturated carbocycles. The summed E-state index contributed by atoms with van der Waals surface area (Å²) in [5.41, 5.74) is 7.47. The number of nitrogen functional groups attached to an aromatic ring is 1. The Hall–Kier alpha value is -4.07. The van der Waals surface area contributed by atoms with E-state index in [2.05, 4.69) is 9.97 Å². The van der Waals surface area contributed by atoms with Gasteiger partial charge in [0.2, 0.25) is 5.89 Å². The Balaban J connectivity index is 1.73. The first-order chi connectivity index (χ1) is 16.1. The maximum Gasteiger partial charge on any atom is 0.330 e. The number of rotatable bonds is 9. The maximum absolute atomic E-state index is 12.9. The Morgan fingerprint density at radius 1 is 1.03 bits per heavy atom. The number of nitrogens with two attached hydrogens (primary N) is 1. The van der Waals surface area contributed by atoms with Crippen LogP contribution < -0.4 is 21.9 Å². The van der Waals surface area contributed by atoms with Crippen molar-refractivity contribution in [2.75, 3.05) is 10.6 Å². The highest BCUT2D eigenvalue weighted by Crippen LogP contribution is 2.25. The quantitative estimate of drug-likeness (QED) is 0.406. The molecule has 0 radical (unpaired) electrons. The van der Waals surface area contributed by atoms with Crippen molar-refractivity contribution >= 4 is 11.5 Å². The van der Waals surface area contributed by atoms with Crippen LogP contribution in [0.5, 0.6) is 0 Å². The van der Waals surface area contributed by atoms with Crippen molar-refractivity contribution in [3.63, 3.8) is 0 Å². The number of nitrogens with one attached hydrogen (secondary N) is 1. The molecule has 0 bridgehead atoms. The minimum absolute atomic E-state index is 0.142.